The molecule has 4 rings (SSSR count). The highest BCUT2D eigenvalue weighted by Crippen LogP contribution is 2.39. The van der Waals surface area contributed by atoms with E-state index in [0.717, 1.165) is 28.2 Å². The van der Waals surface area contributed by atoms with Crippen LogP contribution in [0, 0.1) is 0 Å². The Hall–Kier alpha value is -2.47. The molecule has 1 aliphatic carbocycles. The van der Waals surface area contributed by atoms with Gasteiger partial charge in [-0.15, -0.1) is 10.2 Å². The topological polar surface area (TPSA) is 75.3 Å². The lowest BCUT2D eigenvalue weighted by molar-refractivity contribution is 0.282. The molecule has 22 heavy (non-hydrogen) atoms. The van der Waals surface area contributed by atoms with Crippen molar-refractivity contribution >= 4 is 11.3 Å². The first-order chi connectivity index (χ1) is 10.8. The number of benzene rings is 1. The molecule has 6 heteroatoms. The molecule has 0 spiro atoms. The second-order valence-corrected chi connectivity index (χ2v) is 5.68. The fourth-order valence-corrected chi connectivity index (χ4v) is 2.51. The normalized spacial score (nSPS) is 14.4. The molecule has 0 atom stereocenters. The van der Waals surface area contributed by atoms with Crippen molar-refractivity contribution in [2.24, 2.45) is 0 Å². The molecule has 0 saturated heterocycles. The summed E-state index contributed by atoms with van der Waals surface area (Å²) in [6.07, 6.45) is 4.06. The Morgan fingerprint density at radius 3 is 2.68 bits per heavy atom. The molecule has 0 radical (unpaired) electrons. The average Bonchev–Trinajstić information content (AvgIpc) is 3.30. The van der Waals surface area contributed by atoms with E-state index >= 15 is 0 Å². The summed E-state index contributed by atoms with van der Waals surface area (Å²) in [5.41, 5.74) is 4.88. The van der Waals surface area contributed by atoms with E-state index < -0.39 is 0 Å². The van der Waals surface area contributed by atoms with E-state index in [1.54, 1.807) is 10.8 Å². The number of aliphatic hydroxyl groups excluding tert-OH is 1. The van der Waals surface area contributed by atoms with Gasteiger partial charge in [-0.05, 0) is 30.0 Å². The van der Waals surface area contributed by atoms with Gasteiger partial charge in [0, 0.05) is 12.5 Å². The highest BCUT2D eigenvalue weighted by molar-refractivity contribution is 5.67. The predicted molar refractivity (Wildman–Crippen MR) is 82.4 cm³/mol. The summed E-state index contributed by atoms with van der Waals surface area (Å²) in [7, 11) is 0. The first-order valence-corrected chi connectivity index (χ1v) is 7.47. The largest absolute Gasteiger partial charge is 0.392 e. The first kappa shape index (κ1) is 13.2. The van der Waals surface area contributed by atoms with Gasteiger partial charge in [0.1, 0.15) is 6.33 Å². The van der Waals surface area contributed by atoms with Crippen molar-refractivity contribution in [3.8, 4) is 0 Å². The molecule has 1 saturated carbocycles. The van der Waals surface area contributed by atoms with Gasteiger partial charge in [-0.2, -0.15) is 9.61 Å². The summed E-state index contributed by atoms with van der Waals surface area (Å²) in [4.78, 5) is 0. The van der Waals surface area contributed by atoms with Crippen molar-refractivity contribution in [3.63, 3.8) is 0 Å². The van der Waals surface area contributed by atoms with Gasteiger partial charge in [-0.1, -0.05) is 24.3 Å². The fourth-order valence-electron chi connectivity index (χ4n) is 2.51. The summed E-state index contributed by atoms with van der Waals surface area (Å²) in [5, 5.41) is 25.1. The highest BCUT2D eigenvalue weighted by atomic mass is 16.3. The molecule has 1 aliphatic rings. The number of hydrogen-bond acceptors (Lipinski definition) is 5. The molecule has 3 aromatic rings. The number of aromatic nitrogens is 4. The number of nitrogens with one attached hydrogen (secondary N) is 1. The van der Waals surface area contributed by atoms with Crippen molar-refractivity contribution in [3.05, 3.63) is 53.5 Å². The van der Waals surface area contributed by atoms with Crippen LogP contribution in [0.25, 0.3) is 5.65 Å². The molecule has 0 unspecified atom stereocenters. The minimum Gasteiger partial charge on any atom is -0.392 e. The van der Waals surface area contributed by atoms with E-state index in [1.165, 1.54) is 12.8 Å². The van der Waals surface area contributed by atoms with E-state index in [-0.39, 0.29) is 6.61 Å². The quantitative estimate of drug-likeness (QED) is 0.754. The predicted octanol–water partition coefficient (Wildman–Crippen LogP) is 2.11. The van der Waals surface area contributed by atoms with Crippen molar-refractivity contribution in [1.82, 2.24) is 19.8 Å². The lowest BCUT2D eigenvalue weighted by Gasteiger charge is -2.09. The van der Waals surface area contributed by atoms with Crippen LogP contribution in [0.4, 0.5) is 5.69 Å². The zero-order valence-corrected chi connectivity index (χ0v) is 12.1. The lowest BCUT2D eigenvalue weighted by atomic mass is 10.1. The zero-order chi connectivity index (χ0) is 14.9. The van der Waals surface area contributed by atoms with Gasteiger partial charge in [-0.25, -0.2) is 0 Å². The maximum atomic E-state index is 9.08. The summed E-state index contributed by atoms with van der Waals surface area (Å²) < 4.78 is 1.74. The first-order valence-electron chi connectivity index (χ1n) is 7.47. The molecule has 1 fully saturated rings. The third kappa shape index (κ3) is 2.53. The van der Waals surface area contributed by atoms with Crippen LogP contribution in [0.2, 0.25) is 0 Å². The van der Waals surface area contributed by atoms with E-state index in [4.69, 9.17) is 5.11 Å². The molecule has 0 bridgehead atoms. The van der Waals surface area contributed by atoms with Crippen LogP contribution in [0.15, 0.2) is 36.7 Å². The molecule has 0 amide bonds. The molecule has 2 N–H and O–H groups in total. The Morgan fingerprint density at radius 2 is 1.95 bits per heavy atom. The van der Waals surface area contributed by atoms with Crippen LogP contribution < -0.4 is 5.32 Å². The molecule has 6 nitrogen and oxygen atoms in total. The summed E-state index contributed by atoms with van der Waals surface area (Å²) in [6.45, 7) is 0.769. The average molecular weight is 295 g/mol. The number of hydrogen-bond donors (Lipinski definition) is 2. The Kier molecular flexibility index (Phi) is 3.23. The zero-order valence-electron chi connectivity index (χ0n) is 12.1. The number of aliphatic hydroxyl groups is 1. The van der Waals surface area contributed by atoms with Crippen LogP contribution >= 0.6 is 0 Å². The summed E-state index contributed by atoms with van der Waals surface area (Å²) in [6, 6.07) is 9.99. The van der Waals surface area contributed by atoms with E-state index in [2.05, 4.69) is 26.7 Å². The smallest absolute Gasteiger partial charge is 0.200 e. The third-order valence-corrected chi connectivity index (χ3v) is 3.97. The van der Waals surface area contributed by atoms with Gasteiger partial charge in [0.25, 0.3) is 0 Å². The molecular formula is C16H17N5O. The Balaban J connectivity index is 1.58. The molecule has 2 heterocycles. The maximum Gasteiger partial charge on any atom is 0.200 e. The number of anilines is 1. The Labute approximate surface area is 127 Å². The van der Waals surface area contributed by atoms with Crippen LogP contribution in [-0.4, -0.2) is 24.9 Å². The van der Waals surface area contributed by atoms with E-state index in [1.807, 2.05) is 24.3 Å². The number of nitrogens with zero attached hydrogens (tertiary/aromatic N) is 4. The van der Waals surface area contributed by atoms with Crippen molar-refractivity contribution in [1.29, 1.82) is 0 Å². The van der Waals surface area contributed by atoms with Crippen LogP contribution in [0.3, 0.4) is 0 Å². The highest BCUT2D eigenvalue weighted by Gasteiger charge is 2.26. The summed E-state index contributed by atoms with van der Waals surface area (Å²) in [5.74, 6) is 0.580. The fraction of sp³-hybridized carbons (Fsp3) is 0.312. The monoisotopic (exact) mass is 295 g/mol. The molecule has 0 aliphatic heterocycles. The third-order valence-electron chi connectivity index (χ3n) is 3.97. The Bertz CT molecular complexity index is 792. The van der Waals surface area contributed by atoms with Crippen molar-refractivity contribution in [2.75, 3.05) is 5.32 Å². The number of rotatable bonds is 5. The minimum atomic E-state index is 0.0726. The van der Waals surface area contributed by atoms with Gasteiger partial charge < -0.3 is 10.4 Å². The maximum absolute atomic E-state index is 9.08. The van der Waals surface area contributed by atoms with Crippen LogP contribution in [0.5, 0.6) is 0 Å². The summed E-state index contributed by atoms with van der Waals surface area (Å²) >= 11 is 0. The van der Waals surface area contributed by atoms with Crippen molar-refractivity contribution < 1.29 is 5.11 Å². The molecule has 2 aromatic heterocycles. The minimum absolute atomic E-state index is 0.0726. The number of fused-ring (bicyclic) bond motifs is 1. The van der Waals surface area contributed by atoms with Gasteiger partial charge in [0.05, 0.1) is 18.0 Å². The second-order valence-electron chi connectivity index (χ2n) is 5.68. The van der Waals surface area contributed by atoms with E-state index in [9.17, 15) is 0 Å². The van der Waals surface area contributed by atoms with E-state index in [0.29, 0.717) is 12.5 Å². The van der Waals surface area contributed by atoms with Gasteiger partial charge in [0.2, 0.25) is 5.65 Å². The standard InChI is InChI=1S/C16H17N5O/c22-9-12-3-1-11(2-4-12)8-17-15-7-14(13-5-6-13)20-21-10-18-19-16(15)21/h1-4,7,10,13,17,22H,5-6,8-9H2. The lowest BCUT2D eigenvalue weighted by Crippen LogP contribution is -2.05. The molecule has 1 aromatic carbocycles. The van der Waals surface area contributed by atoms with Crippen molar-refractivity contribution in [2.45, 2.75) is 31.9 Å². The molecular weight excluding hydrogens is 278 g/mol. The van der Waals surface area contributed by atoms with Crippen LogP contribution in [0.1, 0.15) is 35.6 Å². The van der Waals surface area contributed by atoms with Gasteiger partial charge in [-0.3, -0.25) is 0 Å². The van der Waals surface area contributed by atoms with Crippen LogP contribution in [-0.2, 0) is 13.2 Å². The Morgan fingerprint density at radius 1 is 1.18 bits per heavy atom. The SMILES string of the molecule is OCc1ccc(CNc2cc(C3CC3)nn3cnnc23)cc1. The second kappa shape index (κ2) is 5.38. The molecule has 112 valence electrons. The van der Waals surface area contributed by atoms with Gasteiger partial charge >= 0.3 is 0 Å². The van der Waals surface area contributed by atoms with Gasteiger partial charge in [0.15, 0.2) is 0 Å².